The number of benzene rings is 1. The summed E-state index contributed by atoms with van der Waals surface area (Å²) >= 11 is 0. The van der Waals surface area contributed by atoms with E-state index >= 15 is 0 Å². The Balaban J connectivity index is 2.86. The molecule has 11 heavy (non-hydrogen) atoms. The lowest BCUT2D eigenvalue weighted by molar-refractivity contribution is 0.104. The number of hydrogen-bond acceptors (Lipinski definition) is 2. The van der Waals surface area contributed by atoms with Gasteiger partial charge in [-0.25, -0.2) is 0 Å². The first-order valence-electron chi connectivity index (χ1n) is 3.32. The van der Waals surface area contributed by atoms with E-state index in [1.165, 1.54) is 12.3 Å². The van der Waals surface area contributed by atoms with Gasteiger partial charge in [0, 0.05) is 11.6 Å². The molecule has 1 aromatic carbocycles. The van der Waals surface area contributed by atoms with Crippen LogP contribution in [0.2, 0.25) is 0 Å². The molecule has 2 heteroatoms. The van der Waals surface area contributed by atoms with Crippen molar-refractivity contribution < 1.29 is 4.79 Å². The standard InChI is InChI=1S/C9H9NO/c10-7-6-9(11)8-4-2-1-3-5-8/h1-7H,10H2/b7-6+. The Morgan fingerprint density at radius 3 is 2.45 bits per heavy atom. The molecular weight excluding hydrogens is 138 g/mol. The van der Waals surface area contributed by atoms with Crippen molar-refractivity contribution >= 4 is 5.78 Å². The number of hydrogen-bond donors (Lipinski definition) is 1. The van der Waals surface area contributed by atoms with E-state index in [0.717, 1.165) is 0 Å². The summed E-state index contributed by atoms with van der Waals surface area (Å²) in [6.45, 7) is 0. The Hall–Kier alpha value is -1.57. The van der Waals surface area contributed by atoms with Crippen molar-refractivity contribution in [1.82, 2.24) is 0 Å². The monoisotopic (exact) mass is 147 g/mol. The lowest BCUT2D eigenvalue weighted by Gasteiger charge is -1.91. The quantitative estimate of drug-likeness (QED) is 0.506. The van der Waals surface area contributed by atoms with Crippen LogP contribution in [-0.2, 0) is 0 Å². The molecule has 2 nitrogen and oxygen atoms in total. The molecule has 0 atom stereocenters. The Morgan fingerprint density at radius 2 is 1.91 bits per heavy atom. The molecule has 2 N–H and O–H groups in total. The highest BCUT2D eigenvalue weighted by atomic mass is 16.1. The first-order valence-corrected chi connectivity index (χ1v) is 3.32. The second-order valence-electron chi connectivity index (χ2n) is 2.09. The molecule has 0 aliphatic carbocycles. The van der Waals surface area contributed by atoms with Gasteiger partial charge < -0.3 is 5.73 Å². The fourth-order valence-corrected chi connectivity index (χ4v) is 0.786. The van der Waals surface area contributed by atoms with E-state index in [4.69, 9.17) is 5.73 Å². The van der Waals surface area contributed by atoms with E-state index in [2.05, 4.69) is 0 Å². The van der Waals surface area contributed by atoms with E-state index in [-0.39, 0.29) is 5.78 Å². The van der Waals surface area contributed by atoms with Crippen LogP contribution < -0.4 is 5.73 Å². The lowest BCUT2D eigenvalue weighted by atomic mass is 10.1. The zero-order valence-corrected chi connectivity index (χ0v) is 6.03. The first kappa shape index (κ1) is 7.54. The molecule has 0 heterocycles. The van der Waals surface area contributed by atoms with Gasteiger partial charge in [-0.1, -0.05) is 30.3 Å². The number of carbonyl (C=O) groups is 1. The number of nitrogens with two attached hydrogens (primary N) is 1. The molecule has 0 saturated carbocycles. The van der Waals surface area contributed by atoms with Crippen molar-refractivity contribution in [1.29, 1.82) is 0 Å². The van der Waals surface area contributed by atoms with E-state index in [1.807, 2.05) is 18.2 Å². The smallest absolute Gasteiger partial charge is 0.187 e. The Kier molecular flexibility index (Phi) is 2.44. The van der Waals surface area contributed by atoms with Gasteiger partial charge in [-0.3, -0.25) is 4.79 Å². The van der Waals surface area contributed by atoms with Gasteiger partial charge in [-0.2, -0.15) is 0 Å². The number of rotatable bonds is 2. The van der Waals surface area contributed by atoms with Crippen molar-refractivity contribution in [3.63, 3.8) is 0 Å². The van der Waals surface area contributed by atoms with Crippen molar-refractivity contribution in [3.05, 3.63) is 48.2 Å². The van der Waals surface area contributed by atoms with Gasteiger partial charge in [0.05, 0.1) is 0 Å². The fourth-order valence-electron chi connectivity index (χ4n) is 0.786. The third-order valence-corrected chi connectivity index (χ3v) is 1.31. The summed E-state index contributed by atoms with van der Waals surface area (Å²) < 4.78 is 0. The fraction of sp³-hybridized carbons (Fsp3) is 0. The minimum atomic E-state index is -0.0619. The van der Waals surface area contributed by atoms with Crippen LogP contribution in [-0.4, -0.2) is 5.78 Å². The minimum absolute atomic E-state index is 0.0619. The lowest BCUT2D eigenvalue weighted by Crippen LogP contribution is -1.94. The first-order chi connectivity index (χ1) is 5.34. The summed E-state index contributed by atoms with van der Waals surface area (Å²) in [5.41, 5.74) is 5.73. The molecule has 0 saturated heterocycles. The van der Waals surface area contributed by atoms with Crippen molar-refractivity contribution in [2.45, 2.75) is 0 Å². The predicted molar refractivity (Wildman–Crippen MR) is 44.1 cm³/mol. The van der Waals surface area contributed by atoms with Gasteiger partial charge in [-0.05, 0) is 6.20 Å². The minimum Gasteiger partial charge on any atom is -0.404 e. The number of ketones is 1. The highest BCUT2D eigenvalue weighted by Gasteiger charge is 1.97. The average molecular weight is 147 g/mol. The van der Waals surface area contributed by atoms with Gasteiger partial charge in [0.25, 0.3) is 0 Å². The average Bonchev–Trinajstić information content (AvgIpc) is 2.07. The molecule has 1 aromatic rings. The maximum atomic E-state index is 11.1. The molecule has 0 unspecified atom stereocenters. The van der Waals surface area contributed by atoms with Gasteiger partial charge in [-0.15, -0.1) is 0 Å². The second-order valence-corrected chi connectivity index (χ2v) is 2.09. The maximum absolute atomic E-state index is 11.1. The van der Waals surface area contributed by atoms with Gasteiger partial charge >= 0.3 is 0 Å². The zero-order valence-electron chi connectivity index (χ0n) is 6.03. The number of carbonyl (C=O) groups excluding carboxylic acids is 1. The van der Waals surface area contributed by atoms with Crippen LogP contribution in [0, 0.1) is 0 Å². The van der Waals surface area contributed by atoms with Crippen LogP contribution in [0.5, 0.6) is 0 Å². The summed E-state index contributed by atoms with van der Waals surface area (Å²) in [7, 11) is 0. The van der Waals surface area contributed by atoms with Crippen LogP contribution in [0.1, 0.15) is 10.4 Å². The Labute approximate surface area is 65.3 Å². The predicted octanol–water partition coefficient (Wildman–Crippen LogP) is 1.34. The van der Waals surface area contributed by atoms with Gasteiger partial charge in [0.2, 0.25) is 0 Å². The van der Waals surface area contributed by atoms with E-state index < -0.39 is 0 Å². The maximum Gasteiger partial charge on any atom is 0.187 e. The highest BCUT2D eigenvalue weighted by Crippen LogP contribution is 1.99. The molecule has 56 valence electrons. The summed E-state index contributed by atoms with van der Waals surface area (Å²) in [5.74, 6) is -0.0619. The summed E-state index contributed by atoms with van der Waals surface area (Å²) in [6.07, 6.45) is 2.59. The molecular formula is C9H9NO. The summed E-state index contributed by atoms with van der Waals surface area (Å²) in [4.78, 5) is 11.1. The van der Waals surface area contributed by atoms with Crippen LogP contribution in [0.15, 0.2) is 42.6 Å². The third-order valence-electron chi connectivity index (χ3n) is 1.31. The molecule has 0 amide bonds. The van der Waals surface area contributed by atoms with Crippen molar-refractivity contribution in [2.24, 2.45) is 5.73 Å². The second kappa shape index (κ2) is 3.56. The summed E-state index contributed by atoms with van der Waals surface area (Å²) in [5, 5.41) is 0. The van der Waals surface area contributed by atoms with Gasteiger partial charge in [0.15, 0.2) is 5.78 Å². The largest absolute Gasteiger partial charge is 0.404 e. The molecule has 0 bridgehead atoms. The zero-order chi connectivity index (χ0) is 8.10. The molecule has 1 rings (SSSR count). The van der Waals surface area contributed by atoms with E-state index in [0.29, 0.717) is 5.56 Å². The molecule has 0 aliphatic heterocycles. The normalized spacial score (nSPS) is 10.2. The topological polar surface area (TPSA) is 43.1 Å². The molecule has 0 spiro atoms. The van der Waals surface area contributed by atoms with Crippen LogP contribution in [0.3, 0.4) is 0 Å². The highest BCUT2D eigenvalue weighted by molar-refractivity contribution is 6.04. The summed E-state index contributed by atoms with van der Waals surface area (Å²) in [6, 6.07) is 9.00. The van der Waals surface area contributed by atoms with E-state index in [9.17, 15) is 4.79 Å². The van der Waals surface area contributed by atoms with Crippen LogP contribution in [0.4, 0.5) is 0 Å². The third kappa shape index (κ3) is 1.93. The van der Waals surface area contributed by atoms with Crippen LogP contribution in [0.25, 0.3) is 0 Å². The SMILES string of the molecule is N/C=C/C(=O)c1ccccc1. The van der Waals surface area contributed by atoms with E-state index in [1.54, 1.807) is 12.1 Å². The molecule has 0 aliphatic rings. The Bertz CT molecular complexity index is 264. The molecule has 0 aromatic heterocycles. The van der Waals surface area contributed by atoms with Crippen molar-refractivity contribution in [2.75, 3.05) is 0 Å². The molecule has 0 fully saturated rings. The van der Waals surface area contributed by atoms with Crippen LogP contribution >= 0.6 is 0 Å². The van der Waals surface area contributed by atoms with Gasteiger partial charge in [0.1, 0.15) is 0 Å². The number of allylic oxidation sites excluding steroid dienone is 1. The molecule has 0 radical (unpaired) electrons. The van der Waals surface area contributed by atoms with Crippen molar-refractivity contribution in [3.8, 4) is 0 Å². The Morgan fingerprint density at radius 1 is 1.27 bits per heavy atom.